The van der Waals surface area contributed by atoms with Crippen molar-refractivity contribution in [3.8, 4) is 0 Å². The van der Waals surface area contributed by atoms with Gasteiger partial charge < -0.3 is 5.73 Å². The zero-order valence-electron chi connectivity index (χ0n) is 12.1. The fourth-order valence-corrected chi connectivity index (χ4v) is 2.51. The van der Waals surface area contributed by atoms with Gasteiger partial charge in [0, 0.05) is 5.69 Å². The second-order valence-corrected chi connectivity index (χ2v) is 6.32. The van der Waals surface area contributed by atoms with Crippen molar-refractivity contribution < 1.29 is 8.42 Å². The normalized spacial score (nSPS) is 12.5. The first kappa shape index (κ1) is 15.8. The predicted molar refractivity (Wildman–Crippen MR) is 89.8 cm³/mol. The first-order valence-electron chi connectivity index (χ1n) is 6.62. The molecule has 6 heteroatoms. The molecule has 0 aromatic heterocycles. The number of rotatable bonds is 5. The Morgan fingerprint density at radius 3 is 2.36 bits per heavy atom. The molecule has 0 amide bonds. The van der Waals surface area contributed by atoms with E-state index in [1.54, 1.807) is 13.0 Å². The molecule has 0 saturated carbocycles. The van der Waals surface area contributed by atoms with Crippen LogP contribution < -0.4 is 10.6 Å². The third-order valence-electron chi connectivity index (χ3n) is 2.85. The van der Waals surface area contributed by atoms with Crippen LogP contribution in [-0.4, -0.2) is 14.1 Å². The van der Waals surface area contributed by atoms with Crippen molar-refractivity contribution in [2.75, 3.05) is 5.73 Å². The number of benzene rings is 2. The summed E-state index contributed by atoms with van der Waals surface area (Å²) >= 11 is 0. The lowest BCUT2D eigenvalue weighted by molar-refractivity contribution is 0.584. The van der Waals surface area contributed by atoms with Gasteiger partial charge in [0.05, 0.1) is 10.6 Å². The van der Waals surface area contributed by atoms with Gasteiger partial charge in [0.25, 0.3) is 10.0 Å². The highest BCUT2D eigenvalue weighted by molar-refractivity contribution is 7.89. The van der Waals surface area contributed by atoms with Crippen LogP contribution in [0.5, 0.6) is 0 Å². The van der Waals surface area contributed by atoms with Gasteiger partial charge in [-0.05, 0) is 42.8 Å². The number of hydrazone groups is 1. The Bertz CT molecular complexity index is 780. The number of nitrogen functional groups attached to an aromatic ring is 1. The summed E-state index contributed by atoms with van der Waals surface area (Å²) in [7, 11) is -3.68. The maximum atomic E-state index is 12.0. The lowest BCUT2D eigenvalue weighted by atomic mass is 10.2. The summed E-state index contributed by atoms with van der Waals surface area (Å²) in [6.45, 7) is 1.71. The lowest BCUT2D eigenvalue weighted by Gasteiger charge is -2.04. The third kappa shape index (κ3) is 4.46. The quantitative estimate of drug-likeness (QED) is 0.505. The van der Waals surface area contributed by atoms with Crippen LogP contribution in [0.4, 0.5) is 5.69 Å². The standard InChI is InChI=1S/C16H17N3O2S/c1-13(7-8-14-5-3-2-4-6-14)18-19-22(20,21)16-11-9-15(17)10-12-16/h2-12,19H,17H2,1H3/b8-7-,18-13+. The van der Waals surface area contributed by atoms with Gasteiger partial charge in [-0.2, -0.15) is 18.4 Å². The minimum Gasteiger partial charge on any atom is -0.399 e. The molecule has 3 N–H and O–H groups in total. The molecule has 0 spiro atoms. The summed E-state index contributed by atoms with van der Waals surface area (Å²) in [4.78, 5) is 2.31. The van der Waals surface area contributed by atoms with Crippen LogP contribution >= 0.6 is 0 Å². The predicted octanol–water partition coefficient (Wildman–Crippen LogP) is 2.64. The molecule has 0 aliphatic rings. The number of nitrogens with two attached hydrogens (primary N) is 1. The smallest absolute Gasteiger partial charge is 0.276 e. The summed E-state index contributed by atoms with van der Waals surface area (Å²) in [6, 6.07) is 15.6. The van der Waals surface area contributed by atoms with Gasteiger partial charge in [0.15, 0.2) is 0 Å². The van der Waals surface area contributed by atoms with Crippen LogP contribution in [-0.2, 0) is 10.0 Å². The van der Waals surface area contributed by atoms with E-state index < -0.39 is 10.0 Å². The minimum atomic E-state index is -3.68. The second kappa shape index (κ2) is 6.91. The second-order valence-electron chi connectivity index (χ2n) is 4.66. The number of nitrogens with zero attached hydrogens (tertiary/aromatic N) is 1. The molecule has 2 rings (SSSR count). The van der Waals surface area contributed by atoms with E-state index in [1.165, 1.54) is 24.3 Å². The van der Waals surface area contributed by atoms with Gasteiger partial charge in [0.1, 0.15) is 0 Å². The van der Waals surface area contributed by atoms with Crippen LogP contribution in [0.15, 0.2) is 70.7 Å². The molecule has 2 aromatic carbocycles. The summed E-state index contributed by atoms with van der Waals surface area (Å²) in [5, 5.41) is 3.87. The fraction of sp³-hybridized carbons (Fsp3) is 0.0625. The Morgan fingerprint density at radius 2 is 1.73 bits per heavy atom. The zero-order valence-corrected chi connectivity index (χ0v) is 12.9. The molecule has 0 atom stereocenters. The molecule has 0 bridgehead atoms. The van der Waals surface area contributed by atoms with E-state index in [2.05, 4.69) is 9.93 Å². The van der Waals surface area contributed by atoms with E-state index in [9.17, 15) is 8.42 Å². The number of hydrogen-bond donors (Lipinski definition) is 2. The van der Waals surface area contributed by atoms with Gasteiger partial charge in [0.2, 0.25) is 0 Å². The van der Waals surface area contributed by atoms with Crippen molar-refractivity contribution in [2.45, 2.75) is 11.8 Å². The molecule has 0 saturated heterocycles. The van der Waals surface area contributed by atoms with Gasteiger partial charge in [-0.3, -0.25) is 0 Å². The third-order valence-corrected chi connectivity index (χ3v) is 4.07. The SMILES string of the molecule is CC(/C=C\c1ccccc1)=N\NS(=O)(=O)c1ccc(N)cc1. The molecular formula is C16H17N3O2S. The lowest BCUT2D eigenvalue weighted by Crippen LogP contribution is -2.19. The van der Waals surface area contributed by atoms with E-state index in [0.717, 1.165) is 5.56 Å². The van der Waals surface area contributed by atoms with Crippen molar-refractivity contribution in [3.05, 3.63) is 66.2 Å². The highest BCUT2D eigenvalue weighted by atomic mass is 32.2. The summed E-state index contributed by atoms with van der Waals surface area (Å²) < 4.78 is 24.1. The average molecular weight is 315 g/mol. The van der Waals surface area contributed by atoms with E-state index >= 15 is 0 Å². The number of nitrogens with one attached hydrogen (secondary N) is 1. The number of sulfonamides is 1. The van der Waals surface area contributed by atoms with E-state index in [0.29, 0.717) is 11.4 Å². The van der Waals surface area contributed by atoms with Gasteiger partial charge >= 0.3 is 0 Å². The molecule has 0 aliphatic heterocycles. The zero-order chi connectivity index (χ0) is 16.0. The Morgan fingerprint density at radius 1 is 1.09 bits per heavy atom. The molecule has 0 heterocycles. The number of hydrogen-bond acceptors (Lipinski definition) is 4. The minimum absolute atomic E-state index is 0.116. The molecule has 5 nitrogen and oxygen atoms in total. The maximum absolute atomic E-state index is 12.0. The Kier molecular flexibility index (Phi) is 4.95. The van der Waals surface area contributed by atoms with Crippen LogP contribution in [0, 0.1) is 0 Å². The Labute approximate surface area is 130 Å². The van der Waals surface area contributed by atoms with Crippen LogP contribution in [0.1, 0.15) is 12.5 Å². The van der Waals surface area contributed by atoms with Crippen LogP contribution in [0.25, 0.3) is 6.08 Å². The van der Waals surface area contributed by atoms with Gasteiger partial charge in [-0.1, -0.05) is 36.4 Å². The molecule has 0 radical (unpaired) electrons. The number of anilines is 1. The summed E-state index contributed by atoms with van der Waals surface area (Å²) in [6.07, 6.45) is 3.59. The molecule has 0 unspecified atom stereocenters. The van der Waals surface area contributed by atoms with Crippen molar-refractivity contribution in [3.63, 3.8) is 0 Å². The number of allylic oxidation sites excluding steroid dienone is 1. The molecule has 2 aromatic rings. The topological polar surface area (TPSA) is 84.5 Å². The first-order chi connectivity index (χ1) is 10.5. The van der Waals surface area contributed by atoms with Crippen LogP contribution in [0.2, 0.25) is 0 Å². The van der Waals surface area contributed by atoms with E-state index in [4.69, 9.17) is 5.73 Å². The Balaban J connectivity index is 2.06. The summed E-state index contributed by atoms with van der Waals surface area (Å²) in [5.41, 5.74) is 7.60. The summed E-state index contributed by atoms with van der Waals surface area (Å²) in [5.74, 6) is 0. The molecule has 0 fully saturated rings. The molecule has 0 aliphatic carbocycles. The van der Waals surface area contributed by atoms with Crippen molar-refractivity contribution in [1.82, 2.24) is 4.83 Å². The van der Waals surface area contributed by atoms with E-state index in [-0.39, 0.29) is 4.90 Å². The molecule has 114 valence electrons. The van der Waals surface area contributed by atoms with Gasteiger partial charge in [-0.15, -0.1) is 0 Å². The molecule has 22 heavy (non-hydrogen) atoms. The maximum Gasteiger partial charge on any atom is 0.276 e. The average Bonchev–Trinajstić information content (AvgIpc) is 2.52. The highest BCUT2D eigenvalue weighted by Crippen LogP contribution is 2.11. The first-order valence-corrected chi connectivity index (χ1v) is 8.10. The van der Waals surface area contributed by atoms with Crippen molar-refractivity contribution in [2.24, 2.45) is 5.10 Å². The van der Waals surface area contributed by atoms with Gasteiger partial charge in [-0.25, -0.2) is 0 Å². The molecular weight excluding hydrogens is 298 g/mol. The van der Waals surface area contributed by atoms with E-state index in [1.807, 2.05) is 36.4 Å². The monoisotopic (exact) mass is 315 g/mol. The fourth-order valence-electron chi connectivity index (χ4n) is 1.65. The largest absolute Gasteiger partial charge is 0.399 e. The highest BCUT2D eigenvalue weighted by Gasteiger charge is 2.11. The van der Waals surface area contributed by atoms with Crippen molar-refractivity contribution >= 4 is 27.5 Å². The van der Waals surface area contributed by atoms with Crippen LogP contribution in [0.3, 0.4) is 0 Å². The van der Waals surface area contributed by atoms with Crippen molar-refractivity contribution in [1.29, 1.82) is 0 Å². The Hall–Kier alpha value is -2.60.